The number of halogens is 1. The maximum Gasteiger partial charge on any atom is 0.264 e. The molecule has 2 aliphatic rings. The third kappa shape index (κ3) is 2.89. The number of nitrogens with two attached hydrogens (primary N) is 2. The lowest BCUT2D eigenvalue weighted by Gasteiger charge is -2.42. The predicted molar refractivity (Wildman–Crippen MR) is 110 cm³/mol. The van der Waals surface area contributed by atoms with Gasteiger partial charge in [0.1, 0.15) is 12.0 Å². The van der Waals surface area contributed by atoms with Crippen molar-refractivity contribution in [3.05, 3.63) is 40.7 Å². The molecule has 1 aliphatic carbocycles. The number of nitrogen functional groups attached to an aromatic ring is 1. The fraction of sp³-hybridized carbons (Fsp3) is 0.524. The van der Waals surface area contributed by atoms with Crippen molar-refractivity contribution in [1.82, 2.24) is 9.55 Å². The van der Waals surface area contributed by atoms with Crippen molar-refractivity contribution in [2.24, 2.45) is 24.1 Å². The largest absolute Gasteiger partial charge is 0.383 e. The molecule has 2 fully saturated rings. The standard InChI is InChI=1S/C21H28FN5O/c1-13-12-21(17(23)16(13)22)8-10-27(11-9-21)20-25-18(24)15(19(28)26(20)2)14-6-4-3-5-7-14/h3-7,13,16-17H,8-12,23-24H2,1-2H3/t13-,16+,17-/m1/s1. The zero-order valence-electron chi connectivity index (χ0n) is 16.4. The number of piperidine rings is 1. The molecule has 0 amide bonds. The van der Waals surface area contributed by atoms with E-state index in [1.165, 1.54) is 0 Å². The first-order valence-corrected chi connectivity index (χ1v) is 9.90. The van der Waals surface area contributed by atoms with E-state index in [9.17, 15) is 9.18 Å². The van der Waals surface area contributed by atoms with Gasteiger partial charge in [-0.05, 0) is 36.2 Å². The van der Waals surface area contributed by atoms with Crippen LogP contribution in [-0.4, -0.2) is 34.9 Å². The molecule has 0 unspecified atom stereocenters. The summed E-state index contributed by atoms with van der Waals surface area (Å²) in [5.74, 6) is 0.804. The first kappa shape index (κ1) is 18.9. The third-order valence-corrected chi connectivity index (χ3v) is 6.72. The smallest absolute Gasteiger partial charge is 0.264 e. The number of alkyl halides is 1. The number of hydrogen-bond donors (Lipinski definition) is 2. The Labute approximate surface area is 164 Å². The Kier molecular flexibility index (Phi) is 4.65. The van der Waals surface area contributed by atoms with Gasteiger partial charge < -0.3 is 16.4 Å². The summed E-state index contributed by atoms with van der Waals surface area (Å²) >= 11 is 0. The van der Waals surface area contributed by atoms with Crippen molar-refractivity contribution in [2.75, 3.05) is 23.7 Å². The Hall–Kier alpha value is -2.41. The summed E-state index contributed by atoms with van der Waals surface area (Å²) in [5.41, 5.74) is 13.3. The third-order valence-electron chi connectivity index (χ3n) is 6.72. The maximum atomic E-state index is 14.3. The van der Waals surface area contributed by atoms with E-state index < -0.39 is 12.2 Å². The summed E-state index contributed by atoms with van der Waals surface area (Å²) in [6.07, 6.45) is 1.49. The Balaban J connectivity index is 1.61. The first-order chi connectivity index (χ1) is 13.3. The van der Waals surface area contributed by atoms with Crippen LogP contribution in [-0.2, 0) is 7.05 Å². The van der Waals surface area contributed by atoms with Crippen LogP contribution in [0.5, 0.6) is 0 Å². The molecule has 1 aromatic heterocycles. The molecular weight excluding hydrogens is 357 g/mol. The van der Waals surface area contributed by atoms with Crippen LogP contribution in [0.25, 0.3) is 11.1 Å². The molecule has 1 spiro atoms. The molecule has 1 aliphatic heterocycles. The number of benzene rings is 1. The molecule has 0 radical (unpaired) electrons. The zero-order valence-corrected chi connectivity index (χ0v) is 16.4. The summed E-state index contributed by atoms with van der Waals surface area (Å²) in [6, 6.07) is 8.94. The van der Waals surface area contributed by atoms with Gasteiger partial charge in [-0.1, -0.05) is 37.3 Å². The molecule has 2 aromatic rings. The van der Waals surface area contributed by atoms with Gasteiger partial charge in [-0.3, -0.25) is 9.36 Å². The number of rotatable bonds is 2. The topological polar surface area (TPSA) is 90.2 Å². The fourth-order valence-corrected chi connectivity index (χ4v) is 5.04. The normalized spacial score (nSPS) is 26.7. The summed E-state index contributed by atoms with van der Waals surface area (Å²) in [4.78, 5) is 19.6. The molecule has 150 valence electrons. The molecular formula is C21H28FN5O. The highest BCUT2D eigenvalue weighted by molar-refractivity contribution is 5.73. The van der Waals surface area contributed by atoms with E-state index in [-0.39, 0.29) is 22.7 Å². The Bertz CT molecular complexity index is 920. The highest BCUT2D eigenvalue weighted by Crippen LogP contribution is 2.49. The predicted octanol–water partition coefficient (Wildman–Crippen LogP) is 2.32. The molecule has 1 aromatic carbocycles. The van der Waals surface area contributed by atoms with Crippen molar-refractivity contribution in [3.63, 3.8) is 0 Å². The monoisotopic (exact) mass is 385 g/mol. The van der Waals surface area contributed by atoms with Crippen LogP contribution in [0.3, 0.4) is 0 Å². The van der Waals surface area contributed by atoms with Crippen molar-refractivity contribution in [2.45, 2.75) is 38.4 Å². The fourth-order valence-electron chi connectivity index (χ4n) is 5.04. The van der Waals surface area contributed by atoms with E-state index in [1.807, 2.05) is 37.3 Å². The Morgan fingerprint density at radius 1 is 1.21 bits per heavy atom. The summed E-state index contributed by atoms with van der Waals surface area (Å²) < 4.78 is 15.9. The van der Waals surface area contributed by atoms with Gasteiger partial charge in [0.2, 0.25) is 5.95 Å². The van der Waals surface area contributed by atoms with Crippen LogP contribution in [0.15, 0.2) is 35.1 Å². The molecule has 1 saturated carbocycles. The lowest BCUT2D eigenvalue weighted by molar-refractivity contribution is 0.166. The van der Waals surface area contributed by atoms with Crippen LogP contribution in [0, 0.1) is 11.3 Å². The average molecular weight is 385 g/mol. The van der Waals surface area contributed by atoms with Crippen LogP contribution in [0.4, 0.5) is 16.2 Å². The van der Waals surface area contributed by atoms with Crippen LogP contribution in [0.1, 0.15) is 26.2 Å². The van der Waals surface area contributed by atoms with Crippen LogP contribution in [0.2, 0.25) is 0 Å². The molecule has 0 bridgehead atoms. The van der Waals surface area contributed by atoms with Crippen molar-refractivity contribution in [3.8, 4) is 11.1 Å². The van der Waals surface area contributed by atoms with E-state index in [0.717, 1.165) is 24.8 Å². The quantitative estimate of drug-likeness (QED) is 0.828. The van der Waals surface area contributed by atoms with E-state index in [2.05, 4.69) is 9.88 Å². The Morgan fingerprint density at radius 3 is 2.43 bits per heavy atom. The molecule has 1 saturated heterocycles. The van der Waals surface area contributed by atoms with Gasteiger partial charge in [0.15, 0.2) is 0 Å². The van der Waals surface area contributed by atoms with Gasteiger partial charge in [0.25, 0.3) is 5.56 Å². The van der Waals surface area contributed by atoms with E-state index in [0.29, 0.717) is 24.6 Å². The highest BCUT2D eigenvalue weighted by Gasteiger charge is 2.51. The van der Waals surface area contributed by atoms with Gasteiger partial charge in [-0.2, -0.15) is 4.98 Å². The number of nitrogens with zero attached hydrogens (tertiary/aromatic N) is 3. The van der Waals surface area contributed by atoms with Crippen LogP contribution < -0.4 is 21.9 Å². The zero-order chi connectivity index (χ0) is 20.1. The van der Waals surface area contributed by atoms with E-state index in [4.69, 9.17) is 11.5 Å². The minimum Gasteiger partial charge on any atom is -0.383 e. The molecule has 4 N–H and O–H groups in total. The minimum absolute atomic E-state index is 0.00447. The second-order valence-electron chi connectivity index (χ2n) is 8.40. The van der Waals surface area contributed by atoms with Gasteiger partial charge in [-0.25, -0.2) is 4.39 Å². The highest BCUT2D eigenvalue weighted by atomic mass is 19.1. The van der Waals surface area contributed by atoms with Crippen LogP contribution >= 0.6 is 0 Å². The number of aromatic nitrogens is 2. The summed E-state index contributed by atoms with van der Waals surface area (Å²) in [6.45, 7) is 3.33. The molecule has 6 nitrogen and oxygen atoms in total. The summed E-state index contributed by atoms with van der Waals surface area (Å²) in [7, 11) is 1.72. The van der Waals surface area contributed by atoms with E-state index in [1.54, 1.807) is 11.6 Å². The second kappa shape index (κ2) is 6.88. The van der Waals surface area contributed by atoms with E-state index >= 15 is 0 Å². The van der Waals surface area contributed by atoms with Gasteiger partial charge >= 0.3 is 0 Å². The molecule has 28 heavy (non-hydrogen) atoms. The van der Waals surface area contributed by atoms with Gasteiger partial charge in [0.05, 0.1) is 5.56 Å². The lowest BCUT2D eigenvalue weighted by Crippen LogP contribution is -2.50. The molecule has 7 heteroatoms. The lowest BCUT2D eigenvalue weighted by atomic mass is 9.74. The average Bonchev–Trinajstić information content (AvgIpc) is 2.90. The minimum atomic E-state index is -0.935. The SMILES string of the molecule is C[C@@H]1CC2(CCN(c3nc(N)c(-c4ccccc4)c(=O)n3C)CC2)[C@H](N)[C@H]1F. The number of hydrogen-bond acceptors (Lipinski definition) is 5. The van der Waals surface area contributed by atoms with Gasteiger partial charge in [-0.15, -0.1) is 0 Å². The molecule has 3 atom stereocenters. The molecule has 2 heterocycles. The van der Waals surface area contributed by atoms with Crippen molar-refractivity contribution >= 4 is 11.8 Å². The van der Waals surface area contributed by atoms with Crippen molar-refractivity contribution in [1.29, 1.82) is 0 Å². The Morgan fingerprint density at radius 2 is 1.86 bits per heavy atom. The molecule has 4 rings (SSSR count). The summed E-state index contributed by atoms with van der Waals surface area (Å²) in [5, 5.41) is 0. The second-order valence-corrected chi connectivity index (χ2v) is 8.40. The number of anilines is 2. The van der Waals surface area contributed by atoms with Gasteiger partial charge in [0, 0.05) is 26.2 Å². The first-order valence-electron chi connectivity index (χ1n) is 9.90. The van der Waals surface area contributed by atoms with Crippen molar-refractivity contribution < 1.29 is 4.39 Å². The maximum absolute atomic E-state index is 14.3.